The fraction of sp³-hybridized carbons (Fsp3) is 0.222. The molecule has 0 aliphatic carbocycles. The lowest BCUT2D eigenvalue weighted by molar-refractivity contribution is 0.571. The van der Waals surface area contributed by atoms with E-state index in [-0.39, 0.29) is 5.56 Å². The van der Waals surface area contributed by atoms with E-state index in [0.717, 1.165) is 10.5 Å². The minimum atomic E-state index is -0.419. The van der Waals surface area contributed by atoms with Crippen LogP contribution in [0.5, 0.6) is 0 Å². The Bertz CT molecular complexity index is 397. The van der Waals surface area contributed by atoms with E-state index < -0.39 is 5.82 Å². The van der Waals surface area contributed by atoms with Crippen molar-refractivity contribution >= 4 is 11.9 Å². The summed E-state index contributed by atoms with van der Waals surface area (Å²) in [6.07, 6.45) is 0. The Morgan fingerprint density at radius 1 is 1.62 bits per heavy atom. The van der Waals surface area contributed by atoms with Crippen LogP contribution in [0, 0.1) is 17.1 Å². The van der Waals surface area contributed by atoms with Crippen molar-refractivity contribution in [1.29, 1.82) is 5.26 Å². The molecule has 1 aromatic carbocycles. The Balaban J connectivity index is 2.60. The van der Waals surface area contributed by atoms with Gasteiger partial charge in [0, 0.05) is 17.0 Å². The molecule has 1 aromatic rings. The first-order valence-electron chi connectivity index (χ1n) is 3.83. The van der Waals surface area contributed by atoms with Gasteiger partial charge in [-0.05, 0) is 31.1 Å². The molecule has 0 radical (unpaired) electrons. The molecule has 0 amide bonds. The zero-order valence-corrected chi connectivity index (χ0v) is 7.86. The predicted octanol–water partition coefficient (Wildman–Crippen LogP) is 2.15. The summed E-state index contributed by atoms with van der Waals surface area (Å²) in [5.41, 5.74) is 1.00. The van der Waals surface area contributed by atoms with Gasteiger partial charge in [-0.2, -0.15) is 5.26 Å². The number of halogens is 1. The SMILES string of the molecule is CN1Cc2c(ccc(F)c2C#N)S1. The monoisotopic (exact) mass is 194 g/mol. The van der Waals surface area contributed by atoms with Crippen molar-refractivity contribution in [3.8, 4) is 6.07 Å². The van der Waals surface area contributed by atoms with Gasteiger partial charge in [-0.15, -0.1) is 0 Å². The lowest BCUT2D eigenvalue weighted by Crippen LogP contribution is -2.01. The molecular formula is C9H7FN2S. The highest BCUT2D eigenvalue weighted by Gasteiger charge is 2.22. The van der Waals surface area contributed by atoms with Crippen LogP contribution in [0.1, 0.15) is 11.1 Å². The number of nitriles is 1. The first-order valence-corrected chi connectivity index (χ1v) is 4.60. The lowest BCUT2D eigenvalue weighted by atomic mass is 10.1. The maximum absolute atomic E-state index is 13.1. The molecular weight excluding hydrogens is 187 g/mol. The molecule has 0 N–H and O–H groups in total. The van der Waals surface area contributed by atoms with Gasteiger partial charge in [0.25, 0.3) is 0 Å². The van der Waals surface area contributed by atoms with Gasteiger partial charge in [-0.25, -0.2) is 8.70 Å². The van der Waals surface area contributed by atoms with Crippen LogP contribution in [0.15, 0.2) is 17.0 Å². The van der Waals surface area contributed by atoms with E-state index in [1.807, 2.05) is 17.4 Å². The van der Waals surface area contributed by atoms with Crippen molar-refractivity contribution in [2.45, 2.75) is 11.4 Å². The topological polar surface area (TPSA) is 27.0 Å². The molecule has 0 saturated carbocycles. The number of rotatable bonds is 0. The van der Waals surface area contributed by atoms with Gasteiger partial charge in [0.1, 0.15) is 11.9 Å². The third kappa shape index (κ3) is 1.30. The van der Waals surface area contributed by atoms with Crippen molar-refractivity contribution in [2.75, 3.05) is 7.05 Å². The molecule has 0 spiro atoms. The summed E-state index contributed by atoms with van der Waals surface area (Å²) in [4.78, 5) is 0.987. The molecule has 66 valence electrons. The highest BCUT2D eigenvalue weighted by Crippen LogP contribution is 2.36. The molecule has 0 saturated heterocycles. The minimum Gasteiger partial charge on any atom is -0.245 e. The van der Waals surface area contributed by atoms with E-state index in [0.29, 0.717) is 6.54 Å². The first-order chi connectivity index (χ1) is 6.22. The molecule has 0 unspecified atom stereocenters. The van der Waals surface area contributed by atoms with Gasteiger partial charge in [0.2, 0.25) is 0 Å². The molecule has 1 aliphatic rings. The second-order valence-electron chi connectivity index (χ2n) is 2.89. The van der Waals surface area contributed by atoms with Gasteiger partial charge < -0.3 is 0 Å². The van der Waals surface area contributed by atoms with Crippen LogP contribution in [-0.4, -0.2) is 11.4 Å². The normalized spacial score (nSPS) is 15.5. The Morgan fingerprint density at radius 2 is 2.38 bits per heavy atom. The molecule has 4 heteroatoms. The average Bonchev–Trinajstić information content (AvgIpc) is 2.45. The maximum atomic E-state index is 13.1. The largest absolute Gasteiger partial charge is 0.245 e. The summed E-state index contributed by atoms with van der Waals surface area (Å²) in [6, 6.07) is 4.97. The summed E-state index contributed by atoms with van der Waals surface area (Å²) in [5, 5.41) is 8.75. The molecule has 0 atom stereocenters. The number of hydrogen-bond acceptors (Lipinski definition) is 3. The Hall–Kier alpha value is -1.05. The average molecular weight is 194 g/mol. The van der Waals surface area contributed by atoms with E-state index in [2.05, 4.69) is 0 Å². The number of nitrogens with zero attached hydrogens (tertiary/aromatic N) is 2. The fourth-order valence-corrected chi connectivity index (χ4v) is 2.32. The predicted molar refractivity (Wildman–Crippen MR) is 48.4 cm³/mol. The smallest absolute Gasteiger partial charge is 0.141 e. The highest BCUT2D eigenvalue weighted by atomic mass is 32.2. The van der Waals surface area contributed by atoms with Gasteiger partial charge in [-0.3, -0.25) is 0 Å². The van der Waals surface area contributed by atoms with Crippen LogP contribution < -0.4 is 0 Å². The Kier molecular flexibility index (Phi) is 1.98. The van der Waals surface area contributed by atoms with E-state index in [9.17, 15) is 4.39 Å². The van der Waals surface area contributed by atoms with Gasteiger partial charge in [0.15, 0.2) is 0 Å². The van der Waals surface area contributed by atoms with E-state index in [4.69, 9.17) is 5.26 Å². The first kappa shape index (κ1) is 8.54. The fourth-order valence-electron chi connectivity index (χ4n) is 1.39. The summed E-state index contributed by atoms with van der Waals surface area (Å²) >= 11 is 1.54. The second-order valence-corrected chi connectivity index (χ2v) is 4.13. The molecule has 1 heterocycles. The second kappa shape index (κ2) is 3.02. The standard InChI is InChI=1S/C9H7FN2S/c1-12-5-7-6(4-11)8(10)2-3-9(7)13-12/h2-3H,5H2,1H3. The van der Waals surface area contributed by atoms with Crippen LogP contribution in [-0.2, 0) is 6.54 Å². The minimum absolute atomic E-state index is 0.189. The highest BCUT2D eigenvalue weighted by molar-refractivity contribution is 7.97. The molecule has 0 bridgehead atoms. The van der Waals surface area contributed by atoms with Crippen LogP contribution in [0.25, 0.3) is 0 Å². The lowest BCUT2D eigenvalue weighted by Gasteiger charge is -2.01. The summed E-state index contributed by atoms with van der Waals surface area (Å²) < 4.78 is 15.1. The van der Waals surface area contributed by atoms with Crippen LogP contribution in [0.2, 0.25) is 0 Å². The number of hydrogen-bond donors (Lipinski definition) is 0. The van der Waals surface area contributed by atoms with Crippen molar-refractivity contribution in [3.63, 3.8) is 0 Å². The van der Waals surface area contributed by atoms with E-state index in [1.165, 1.54) is 6.07 Å². The summed E-state index contributed by atoms with van der Waals surface area (Å²) in [7, 11) is 1.92. The van der Waals surface area contributed by atoms with Gasteiger partial charge in [0.05, 0.1) is 5.56 Å². The third-order valence-corrected chi connectivity index (χ3v) is 2.99. The Labute approximate surface area is 80.1 Å². The number of benzene rings is 1. The zero-order valence-electron chi connectivity index (χ0n) is 7.04. The van der Waals surface area contributed by atoms with E-state index in [1.54, 1.807) is 18.0 Å². The van der Waals surface area contributed by atoms with E-state index >= 15 is 0 Å². The Morgan fingerprint density at radius 3 is 3.08 bits per heavy atom. The molecule has 1 aliphatic heterocycles. The van der Waals surface area contributed by atoms with Crippen LogP contribution in [0.4, 0.5) is 4.39 Å². The van der Waals surface area contributed by atoms with Gasteiger partial charge >= 0.3 is 0 Å². The van der Waals surface area contributed by atoms with Crippen molar-refractivity contribution in [3.05, 3.63) is 29.1 Å². The van der Waals surface area contributed by atoms with Crippen LogP contribution >= 0.6 is 11.9 Å². The van der Waals surface area contributed by atoms with Crippen molar-refractivity contribution < 1.29 is 4.39 Å². The third-order valence-electron chi connectivity index (χ3n) is 1.97. The molecule has 2 nitrogen and oxygen atoms in total. The summed E-state index contributed by atoms with van der Waals surface area (Å²) in [6.45, 7) is 0.640. The maximum Gasteiger partial charge on any atom is 0.141 e. The summed E-state index contributed by atoms with van der Waals surface area (Å²) in [5.74, 6) is -0.419. The quantitative estimate of drug-likeness (QED) is 0.592. The zero-order chi connectivity index (χ0) is 9.42. The molecule has 0 fully saturated rings. The number of fused-ring (bicyclic) bond motifs is 1. The van der Waals surface area contributed by atoms with Crippen molar-refractivity contribution in [2.24, 2.45) is 0 Å². The molecule has 13 heavy (non-hydrogen) atoms. The molecule has 2 rings (SSSR count). The molecule has 0 aromatic heterocycles. The van der Waals surface area contributed by atoms with Crippen LogP contribution in [0.3, 0.4) is 0 Å². The van der Waals surface area contributed by atoms with Gasteiger partial charge in [-0.1, -0.05) is 0 Å². The van der Waals surface area contributed by atoms with Crippen molar-refractivity contribution in [1.82, 2.24) is 4.31 Å².